The number of carbonyl (C=O) groups is 2. The lowest BCUT2D eigenvalue weighted by Gasteiger charge is -2.18. The van der Waals surface area contributed by atoms with Crippen molar-refractivity contribution in [1.82, 2.24) is 10.2 Å². The van der Waals surface area contributed by atoms with Crippen LogP contribution in [-0.4, -0.2) is 27.8 Å². The third-order valence-corrected chi connectivity index (χ3v) is 8.00. The highest BCUT2D eigenvalue weighted by molar-refractivity contribution is 8.01. The minimum absolute atomic E-state index is 0.103. The number of amides is 2. The number of fused-ring (bicyclic) bond motifs is 1. The summed E-state index contributed by atoms with van der Waals surface area (Å²) in [5.74, 6) is -0.494. The summed E-state index contributed by atoms with van der Waals surface area (Å²) in [5.41, 5.74) is 7.32. The Hall–Kier alpha value is -2.50. The molecule has 0 fully saturated rings. The summed E-state index contributed by atoms with van der Waals surface area (Å²) in [5, 5.41) is 14.7. The Morgan fingerprint density at radius 1 is 1.29 bits per heavy atom. The Balaban J connectivity index is 1.38. The van der Waals surface area contributed by atoms with Crippen LogP contribution >= 0.6 is 34.4 Å². The molecule has 4 N–H and O–H groups in total. The van der Waals surface area contributed by atoms with E-state index in [0.29, 0.717) is 31.6 Å². The molecule has 0 saturated carbocycles. The van der Waals surface area contributed by atoms with E-state index in [2.05, 4.69) is 27.8 Å². The standard InChI is InChI=1S/C20H20FN5O2S3/c1-10-6-7-11-14(8-10)30-18(16(11)17(22)28)24-15(27)9-29-20-26-25-19(31-20)23-13-5-3-2-4-12(13)21/h2-5,10H,6-9H2,1H3,(H2,22,28)(H,23,25)(H,24,27)/t10-/m1/s1. The number of nitrogens with one attached hydrogen (secondary N) is 2. The van der Waals surface area contributed by atoms with Crippen LogP contribution in [0.15, 0.2) is 28.6 Å². The van der Waals surface area contributed by atoms with Crippen LogP contribution in [0.5, 0.6) is 0 Å². The summed E-state index contributed by atoms with van der Waals surface area (Å²) >= 11 is 3.88. The summed E-state index contributed by atoms with van der Waals surface area (Å²) in [6.45, 7) is 2.18. The van der Waals surface area contributed by atoms with Gasteiger partial charge in [0, 0.05) is 4.88 Å². The predicted octanol–water partition coefficient (Wildman–Crippen LogP) is 4.44. The van der Waals surface area contributed by atoms with Gasteiger partial charge >= 0.3 is 0 Å². The molecular weight excluding hydrogens is 457 g/mol. The average Bonchev–Trinajstić information content (AvgIpc) is 3.31. The first-order valence-corrected chi connectivity index (χ1v) is 12.2. The topological polar surface area (TPSA) is 110 Å². The van der Waals surface area contributed by atoms with Gasteiger partial charge in [-0.1, -0.05) is 42.2 Å². The number of rotatable bonds is 7. The van der Waals surface area contributed by atoms with Crippen LogP contribution in [0, 0.1) is 11.7 Å². The van der Waals surface area contributed by atoms with E-state index in [0.717, 1.165) is 29.7 Å². The zero-order valence-electron chi connectivity index (χ0n) is 16.6. The van der Waals surface area contributed by atoms with E-state index in [1.807, 2.05) is 0 Å². The summed E-state index contributed by atoms with van der Waals surface area (Å²) in [7, 11) is 0. The molecule has 162 valence electrons. The molecule has 1 aliphatic carbocycles. The van der Waals surface area contributed by atoms with Gasteiger partial charge in [0.15, 0.2) is 4.34 Å². The fraction of sp³-hybridized carbons (Fsp3) is 0.300. The molecule has 2 heterocycles. The van der Waals surface area contributed by atoms with Crippen molar-refractivity contribution in [2.24, 2.45) is 11.7 Å². The molecule has 2 aromatic heterocycles. The summed E-state index contributed by atoms with van der Waals surface area (Å²) in [4.78, 5) is 25.6. The number of thiophene rings is 1. The number of nitrogens with two attached hydrogens (primary N) is 1. The molecule has 0 saturated heterocycles. The zero-order valence-corrected chi connectivity index (χ0v) is 19.1. The predicted molar refractivity (Wildman–Crippen MR) is 123 cm³/mol. The van der Waals surface area contributed by atoms with Crippen molar-refractivity contribution in [3.63, 3.8) is 0 Å². The molecule has 4 rings (SSSR count). The highest BCUT2D eigenvalue weighted by atomic mass is 32.2. The lowest BCUT2D eigenvalue weighted by atomic mass is 9.88. The van der Waals surface area contributed by atoms with E-state index in [4.69, 9.17) is 5.73 Å². The number of anilines is 3. The minimum Gasteiger partial charge on any atom is -0.365 e. The van der Waals surface area contributed by atoms with Gasteiger partial charge in [0.2, 0.25) is 11.0 Å². The van der Waals surface area contributed by atoms with Gasteiger partial charge in [-0.25, -0.2) is 4.39 Å². The number of hydrogen-bond donors (Lipinski definition) is 3. The first-order valence-electron chi connectivity index (χ1n) is 9.62. The van der Waals surface area contributed by atoms with Crippen molar-refractivity contribution in [3.05, 3.63) is 46.1 Å². The number of benzene rings is 1. The second-order valence-corrected chi connectivity index (χ2v) is 10.5. The van der Waals surface area contributed by atoms with Crippen LogP contribution in [-0.2, 0) is 17.6 Å². The van der Waals surface area contributed by atoms with Crippen molar-refractivity contribution in [2.45, 2.75) is 30.5 Å². The van der Waals surface area contributed by atoms with Crippen LogP contribution in [0.1, 0.15) is 34.1 Å². The first-order chi connectivity index (χ1) is 14.9. The maximum atomic E-state index is 13.7. The highest BCUT2D eigenvalue weighted by Crippen LogP contribution is 2.39. The summed E-state index contributed by atoms with van der Waals surface area (Å²) < 4.78 is 14.3. The molecule has 0 radical (unpaired) electrons. The number of primary amides is 1. The smallest absolute Gasteiger partial charge is 0.251 e. The van der Waals surface area contributed by atoms with Crippen LogP contribution in [0.2, 0.25) is 0 Å². The van der Waals surface area contributed by atoms with Gasteiger partial charge in [0.05, 0.1) is 17.0 Å². The quantitative estimate of drug-likeness (QED) is 0.434. The fourth-order valence-electron chi connectivity index (χ4n) is 3.39. The first kappa shape index (κ1) is 21.7. The number of para-hydroxylation sites is 1. The molecule has 2 amide bonds. The van der Waals surface area contributed by atoms with Gasteiger partial charge in [0.25, 0.3) is 5.91 Å². The van der Waals surface area contributed by atoms with Crippen molar-refractivity contribution in [2.75, 3.05) is 16.4 Å². The van der Waals surface area contributed by atoms with Crippen LogP contribution < -0.4 is 16.4 Å². The van der Waals surface area contributed by atoms with Crippen molar-refractivity contribution in [3.8, 4) is 0 Å². The molecule has 0 unspecified atom stereocenters. The van der Waals surface area contributed by atoms with Crippen LogP contribution in [0.4, 0.5) is 20.2 Å². The molecule has 1 aromatic carbocycles. The molecular formula is C20H20FN5O2S3. The summed E-state index contributed by atoms with van der Waals surface area (Å²) in [6, 6.07) is 6.28. The Kier molecular flexibility index (Phi) is 6.54. The van der Waals surface area contributed by atoms with E-state index in [1.54, 1.807) is 18.2 Å². The molecule has 1 aliphatic rings. The van der Waals surface area contributed by atoms with Gasteiger partial charge in [0.1, 0.15) is 10.8 Å². The van der Waals surface area contributed by atoms with Gasteiger partial charge in [-0.3, -0.25) is 9.59 Å². The van der Waals surface area contributed by atoms with Crippen LogP contribution in [0.3, 0.4) is 0 Å². The molecule has 31 heavy (non-hydrogen) atoms. The number of carbonyl (C=O) groups excluding carboxylic acids is 2. The molecule has 11 heteroatoms. The minimum atomic E-state index is -0.511. The van der Waals surface area contributed by atoms with E-state index in [-0.39, 0.29) is 17.5 Å². The third-order valence-electron chi connectivity index (χ3n) is 4.86. The maximum absolute atomic E-state index is 13.7. The second kappa shape index (κ2) is 9.33. The van der Waals surface area contributed by atoms with Crippen molar-refractivity contribution in [1.29, 1.82) is 0 Å². The number of hydrogen-bond acceptors (Lipinski definition) is 8. The number of thioether (sulfide) groups is 1. The van der Waals surface area contributed by atoms with Gasteiger partial charge in [-0.15, -0.1) is 21.5 Å². The number of halogens is 1. The largest absolute Gasteiger partial charge is 0.365 e. The van der Waals surface area contributed by atoms with Crippen molar-refractivity contribution >= 4 is 62.1 Å². The number of aromatic nitrogens is 2. The van der Waals surface area contributed by atoms with Gasteiger partial charge in [-0.2, -0.15) is 0 Å². The molecule has 7 nitrogen and oxygen atoms in total. The highest BCUT2D eigenvalue weighted by Gasteiger charge is 2.27. The lowest BCUT2D eigenvalue weighted by Crippen LogP contribution is -2.20. The Morgan fingerprint density at radius 2 is 2.10 bits per heavy atom. The third kappa shape index (κ3) is 5.05. The summed E-state index contributed by atoms with van der Waals surface area (Å²) in [6.07, 6.45) is 2.71. The number of nitrogens with zero attached hydrogens (tertiary/aromatic N) is 2. The normalized spacial score (nSPS) is 15.4. The average molecular weight is 478 g/mol. The van der Waals surface area contributed by atoms with Crippen molar-refractivity contribution < 1.29 is 14.0 Å². The second-order valence-electron chi connectivity index (χ2n) is 7.23. The van der Waals surface area contributed by atoms with Gasteiger partial charge < -0.3 is 16.4 Å². The zero-order chi connectivity index (χ0) is 22.0. The SMILES string of the molecule is C[C@@H]1CCc2c(sc(NC(=O)CSc3nnc(Nc4ccccc4F)s3)c2C(N)=O)C1. The van der Waals surface area contributed by atoms with Crippen LogP contribution in [0.25, 0.3) is 0 Å². The fourth-order valence-corrected chi connectivity index (χ4v) is 6.38. The Labute approximate surface area is 190 Å². The molecule has 0 bridgehead atoms. The maximum Gasteiger partial charge on any atom is 0.251 e. The van der Waals surface area contributed by atoms with E-state index >= 15 is 0 Å². The lowest BCUT2D eigenvalue weighted by molar-refractivity contribution is -0.113. The Morgan fingerprint density at radius 3 is 2.87 bits per heavy atom. The van der Waals surface area contributed by atoms with Gasteiger partial charge in [-0.05, 0) is 42.9 Å². The van der Waals surface area contributed by atoms with E-state index < -0.39 is 5.91 Å². The van der Waals surface area contributed by atoms with E-state index in [9.17, 15) is 14.0 Å². The molecule has 0 spiro atoms. The van der Waals surface area contributed by atoms with E-state index in [1.165, 1.54) is 40.5 Å². The molecule has 3 aromatic rings. The monoisotopic (exact) mass is 477 g/mol. The Bertz CT molecular complexity index is 1130. The molecule has 0 aliphatic heterocycles. The molecule has 1 atom stereocenters.